The van der Waals surface area contributed by atoms with Crippen molar-refractivity contribution in [2.24, 2.45) is 5.73 Å². The molecule has 0 bridgehead atoms. The van der Waals surface area contributed by atoms with E-state index in [0.717, 1.165) is 32.5 Å². The lowest BCUT2D eigenvalue weighted by Crippen LogP contribution is -2.19. The first kappa shape index (κ1) is 11.2. The molecule has 2 heteroatoms. The van der Waals surface area contributed by atoms with Crippen molar-refractivity contribution in [3.8, 4) is 0 Å². The average Bonchev–Trinajstić information content (AvgIpc) is 2.25. The summed E-state index contributed by atoms with van der Waals surface area (Å²) in [6.07, 6.45) is 3.44. The molecule has 3 N–H and O–H groups in total. The number of benzene rings is 1. The largest absolute Gasteiger partial charge is 0.330 e. The third-order valence-electron chi connectivity index (χ3n) is 2.22. The van der Waals surface area contributed by atoms with E-state index in [1.807, 2.05) is 0 Å². The van der Waals surface area contributed by atoms with Gasteiger partial charge in [-0.1, -0.05) is 30.3 Å². The van der Waals surface area contributed by atoms with Gasteiger partial charge in [0, 0.05) is 0 Å². The summed E-state index contributed by atoms with van der Waals surface area (Å²) in [6.45, 7) is 2.92. The predicted molar refractivity (Wildman–Crippen MR) is 61.3 cm³/mol. The van der Waals surface area contributed by atoms with Gasteiger partial charge in [0.1, 0.15) is 0 Å². The lowest BCUT2D eigenvalue weighted by molar-refractivity contribution is 0.627. The van der Waals surface area contributed by atoms with Crippen LogP contribution in [0.15, 0.2) is 30.3 Å². The monoisotopic (exact) mass is 192 g/mol. The van der Waals surface area contributed by atoms with Gasteiger partial charge in [-0.3, -0.25) is 0 Å². The summed E-state index contributed by atoms with van der Waals surface area (Å²) >= 11 is 0. The Balaban J connectivity index is 1.99. The first-order valence-corrected chi connectivity index (χ1v) is 5.38. The fourth-order valence-corrected chi connectivity index (χ4v) is 1.41. The first-order chi connectivity index (χ1) is 6.93. The molecular formula is C12H20N2. The van der Waals surface area contributed by atoms with Crippen LogP contribution in [-0.2, 0) is 6.42 Å². The highest BCUT2D eigenvalue weighted by atomic mass is 14.8. The van der Waals surface area contributed by atoms with Crippen LogP contribution in [0.4, 0.5) is 0 Å². The van der Waals surface area contributed by atoms with Crippen LogP contribution < -0.4 is 11.1 Å². The first-order valence-electron chi connectivity index (χ1n) is 5.38. The molecule has 0 aliphatic carbocycles. The maximum Gasteiger partial charge on any atom is -0.00369 e. The van der Waals surface area contributed by atoms with Gasteiger partial charge >= 0.3 is 0 Å². The number of nitrogens with two attached hydrogens (primary N) is 1. The minimum absolute atomic E-state index is 0.783. The smallest absolute Gasteiger partial charge is 0.00369 e. The number of aryl methyl sites for hydroxylation is 1. The fourth-order valence-electron chi connectivity index (χ4n) is 1.41. The summed E-state index contributed by atoms with van der Waals surface area (Å²) in [5.74, 6) is 0. The van der Waals surface area contributed by atoms with Crippen molar-refractivity contribution < 1.29 is 0 Å². The molecule has 14 heavy (non-hydrogen) atoms. The van der Waals surface area contributed by atoms with Crippen molar-refractivity contribution in [3.63, 3.8) is 0 Å². The van der Waals surface area contributed by atoms with Crippen LogP contribution in [0.5, 0.6) is 0 Å². The van der Waals surface area contributed by atoms with E-state index in [1.165, 1.54) is 12.0 Å². The lowest BCUT2D eigenvalue weighted by Gasteiger charge is -2.03. The maximum absolute atomic E-state index is 5.39. The van der Waals surface area contributed by atoms with Gasteiger partial charge in [0.15, 0.2) is 0 Å². The molecule has 0 unspecified atom stereocenters. The highest BCUT2D eigenvalue weighted by molar-refractivity contribution is 5.14. The van der Waals surface area contributed by atoms with E-state index in [0.29, 0.717) is 0 Å². The molecule has 78 valence electrons. The van der Waals surface area contributed by atoms with E-state index >= 15 is 0 Å². The highest BCUT2D eigenvalue weighted by Gasteiger charge is 1.91. The molecule has 0 saturated heterocycles. The molecule has 0 spiro atoms. The van der Waals surface area contributed by atoms with Gasteiger partial charge in [-0.25, -0.2) is 0 Å². The second-order valence-electron chi connectivity index (χ2n) is 3.48. The molecule has 0 radical (unpaired) electrons. The molecule has 0 fully saturated rings. The molecule has 0 aromatic heterocycles. The normalized spacial score (nSPS) is 10.4. The molecule has 0 amide bonds. The van der Waals surface area contributed by atoms with Crippen LogP contribution in [-0.4, -0.2) is 19.6 Å². The maximum atomic E-state index is 5.39. The second-order valence-corrected chi connectivity index (χ2v) is 3.48. The molecule has 0 aliphatic rings. The minimum Gasteiger partial charge on any atom is -0.330 e. The second kappa shape index (κ2) is 7.54. The number of hydrogen-bond acceptors (Lipinski definition) is 2. The molecular weight excluding hydrogens is 172 g/mol. The van der Waals surface area contributed by atoms with Crippen LogP contribution in [0.25, 0.3) is 0 Å². The average molecular weight is 192 g/mol. The Kier molecular flexibility index (Phi) is 6.04. The predicted octanol–water partition coefficient (Wildman–Crippen LogP) is 1.56. The van der Waals surface area contributed by atoms with Gasteiger partial charge in [-0.05, 0) is 44.5 Å². The molecule has 0 aliphatic heterocycles. The summed E-state index contributed by atoms with van der Waals surface area (Å²) in [5, 5.41) is 3.38. The molecule has 1 aromatic carbocycles. The third kappa shape index (κ3) is 5.00. The van der Waals surface area contributed by atoms with Gasteiger partial charge < -0.3 is 11.1 Å². The molecule has 0 heterocycles. The van der Waals surface area contributed by atoms with Gasteiger partial charge in [-0.15, -0.1) is 0 Å². The molecule has 0 saturated carbocycles. The van der Waals surface area contributed by atoms with Crippen LogP contribution >= 0.6 is 0 Å². The summed E-state index contributed by atoms with van der Waals surface area (Å²) < 4.78 is 0. The Morgan fingerprint density at radius 1 is 1.00 bits per heavy atom. The lowest BCUT2D eigenvalue weighted by atomic mass is 10.1. The van der Waals surface area contributed by atoms with Gasteiger partial charge in [0.25, 0.3) is 0 Å². The van der Waals surface area contributed by atoms with Gasteiger partial charge in [0.05, 0.1) is 0 Å². The van der Waals surface area contributed by atoms with Crippen LogP contribution in [0.2, 0.25) is 0 Å². The zero-order valence-corrected chi connectivity index (χ0v) is 8.71. The van der Waals surface area contributed by atoms with Crippen LogP contribution in [0, 0.1) is 0 Å². The fraction of sp³-hybridized carbons (Fsp3) is 0.500. The van der Waals surface area contributed by atoms with Crippen molar-refractivity contribution >= 4 is 0 Å². The van der Waals surface area contributed by atoms with Crippen molar-refractivity contribution in [2.45, 2.75) is 19.3 Å². The number of rotatable bonds is 7. The Morgan fingerprint density at radius 2 is 1.71 bits per heavy atom. The van der Waals surface area contributed by atoms with E-state index in [9.17, 15) is 0 Å². The zero-order valence-electron chi connectivity index (χ0n) is 8.71. The Hall–Kier alpha value is -0.860. The summed E-state index contributed by atoms with van der Waals surface area (Å²) in [4.78, 5) is 0. The zero-order chi connectivity index (χ0) is 10.1. The van der Waals surface area contributed by atoms with E-state index in [4.69, 9.17) is 5.73 Å². The van der Waals surface area contributed by atoms with Crippen molar-refractivity contribution in [3.05, 3.63) is 35.9 Å². The molecule has 1 rings (SSSR count). The van der Waals surface area contributed by atoms with E-state index in [2.05, 4.69) is 35.6 Å². The summed E-state index contributed by atoms with van der Waals surface area (Å²) in [6, 6.07) is 10.6. The highest BCUT2D eigenvalue weighted by Crippen LogP contribution is 2.01. The summed E-state index contributed by atoms with van der Waals surface area (Å²) in [5.41, 5.74) is 6.82. The Labute approximate surface area is 86.5 Å². The standard InChI is InChI=1S/C12H20N2/c13-9-5-11-14-10-4-8-12-6-2-1-3-7-12/h1-3,6-7,14H,4-5,8-11,13H2. The van der Waals surface area contributed by atoms with E-state index in [-0.39, 0.29) is 0 Å². The van der Waals surface area contributed by atoms with E-state index < -0.39 is 0 Å². The van der Waals surface area contributed by atoms with Crippen molar-refractivity contribution in [1.82, 2.24) is 5.32 Å². The Morgan fingerprint density at radius 3 is 2.43 bits per heavy atom. The van der Waals surface area contributed by atoms with Crippen molar-refractivity contribution in [2.75, 3.05) is 19.6 Å². The van der Waals surface area contributed by atoms with Crippen LogP contribution in [0.1, 0.15) is 18.4 Å². The Bertz CT molecular complexity index is 221. The minimum atomic E-state index is 0.783. The number of hydrogen-bond donors (Lipinski definition) is 2. The quantitative estimate of drug-likeness (QED) is 0.643. The molecule has 0 atom stereocenters. The number of nitrogens with one attached hydrogen (secondary N) is 1. The SMILES string of the molecule is NCCCNCCCc1ccccc1. The van der Waals surface area contributed by atoms with E-state index in [1.54, 1.807) is 0 Å². The van der Waals surface area contributed by atoms with Gasteiger partial charge in [0.2, 0.25) is 0 Å². The third-order valence-corrected chi connectivity index (χ3v) is 2.22. The van der Waals surface area contributed by atoms with Gasteiger partial charge in [-0.2, -0.15) is 0 Å². The van der Waals surface area contributed by atoms with Crippen LogP contribution in [0.3, 0.4) is 0 Å². The molecule has 2 nitrogen and oxygen atoms in total. The molecule has 1 aromatic rings. The summed E-state index contributed by atoms with van der Waals surface area (Å²) in [7, 11) is 0. The van der Waals surface area contributed by atoms with Crippen molar-refractivity contribution in [1.29, 1.82) is 0 Å². The topological polar surface area (TPSA) is 38.0 Å².